The molecule has 1 aliphatic heterocycles. The Hall–Kier alpha value is -2.17. The molecular formula is C22H32FIN6O. The number of hydrogen-bond donors (Lipinski definition) is 2. The summed E-state index contributed by atoms with van der Waals surface area (Å²) in [7, 11) is 0. The molecule has 7 nitrogen and oxygen atoms in total. The Morgan fingerprint density at radius 3 is 2.87 bits per heavy atom. The summed E-state index contributed by atoms with van der Waals surface area (Å²) < 4.78 is 15.8. The number of rotatable bonds is 8. The molecule has 0 aromatic carbocycles. The summed E-state index contributed by atoms with van der Waals surface area (Å²) in [6.07, 6.45) is 4.31. The van der Waals surface area contributed by atoms with Crippen molar-refractivity contribution in [2.24, 2.45) is 4.99 Å². The number of anilines is 1. The van der Waals surface area contributed by atoms with E-state index in [2.05, 4.69) is 20.6 Å². The van der Waals surface area contributed by atoms with Crippen LogP contribution in [-0.2, 0) is 6.54 Å². The molecule has 0 amide bonds. The van der Waals surface area contributed by atoms with Gasteiger partial charge in [0.15, 0.2) is 17.6 Å². The molecule has 0 saturated carbocycles. The number of halogens is 2. The van der Waals surface area contributed by atoms with Crippen LogP contribution in [0.3, 0.4) is 0 Å². The maximum absolute atomic E-state index is 14.0. The van der Waals surface area contributed by atoms with Crippen LogP contribution in [0.4, 0.5) is 10.2 Å². The van der Waals surface area contributed by atoms with Crippen LogP contribution < -0.4 is 21.1 Å². The second-order valence-electron chi connectivity index (χ2n) is 7.51. The number of nitrogens with one attached hydrogen (secondary N) is 2. The molecule has 0 spiro atoms. The molecule has 1 atom stereocenters. The quantitative estimate of drug-likeness (QED) is 0.232. The van der Waals surface area contributed by atoms with Crippen LogP contribution in [0, 0.1) is 12.7 Å². The Labute approximate surface area is 200 Å². The molecule has 3 rings (SSSR count). The minimum absolute atomic E-state index is 0. The summed E-state index contributed by atoms with van der Waals surface area (Å²) in [5.74, 6) is 0.903. The average molecular weight is 542 g/mol. The van der Waals surface area contributed by atoms with E-state index in [1.54, 1.807) is 29.0 Å². The zero-order valence-electron chi connectivity index (χ0n) is 18.2. The predicted octanol–water partition coefficient (Wildman–Crippen LogP) is 2.92. The molecule has 0 bridgehead atoms. The van der Waals surface area contributed by atoms with Crippen molar-refractivity contribution >= 4 is 35.8 Å². The van der Waals surface area contributed by atoms with Gasteiger partial charge in [0.05, 0.1) is 0 Å². The molecule has 2 aromatic heterocycles. The van der Waals surface area contributed by atoms with Crippen molar-refractivity contribution in [1.29, 1.82) is 0 Å². The van der Waals surface area contributed by atoms with Gasteiger partial charge in [-0.05, 0) is 51.3 Å². The topological polar surface area (TPSA) is 74.6 Å². The SMILES string of the molecule is CCNC(=NCCCCn1c(C)cccc1=O)NC1CCN(c2ncccc2F)C1.I. The highest BCUT2D eigenvalue weighted by molar-refractivity contribution is 14.0. The second kappa shape index (κ2) is 12.6. The van der Waals surface area contributed by atoms with Crippen LogP contribution in [0.1, 0.15) is 31.9 Å². The number of pyridine rings is 2. The van der Waals surface area contributed by atoms with Gasteiger partial charge >= 0.3 is 0 Å². The van der Waals surface area contributed by atoms with Crippen LogP contribution in [-0.4, -0.2) is 47.7 Å². The summed E-state index contributed by atoms with van der Waals surface area (Å²) in [5, 5.41) is 6.73. The second-order valence-corrected chi connectivity index (χ2v) is 7.51. The lowest BCUT2D eigenvalue weighted by Gasteiger charge is -2.20. The van der Waals surface area contributed by atoms with Crippen LogP contribution >= 0.6 is 24.0 Å². The number of aliphatic imine (C=N–C) groups is 1. The van der Waals surface area contributed by atoms with Crippen LogP contribution in [0.5, 0.6) is 0 Å². The van der Waals surface area contributed by atoms with E-state index in [4.69, 9.17) is 0 Å². The van der Waals surface area contributed by atoms with E-state index in [1.807, 2.05) is 24.8 Å². The van der Waals surface area contributed by atoms with Gasteiger partial charge in [-0.3, -0.25) is 9.79 Å². The van der Waals surface area contributed by atoms with E-state index in [9.17, 15) is 9.18 Å². The van der Waals surface area contributed by atoms with Gasteiger partial charge in [0.1, 0.15) is 0 Å². The van der Waals surface area contributed by atoms with Gasteiger partial charge in [-0.2, -0.15) is 0 Å². The van der Waals surface area contributed by atoms with Crippen LogP contribution in [0.2, 0.25) is 0 Å². The van der Waals surface area contributed by atoms with Crippen molar-refractivity contribution in [1.82, 2.24) is 20.2 Å². The van der Waals surface area contributed by atoms with Crippen molar-refractivity contribution in [3.8, 4) is 0 Å². The number of aromatic nitrogens is 2. The lowest BCUT2D eigenvalue weighted by atomic mass is 10.2. The standard InChI is InChI=1S/C22H31FN6O.HI/c1-3-24-22(26-12-4-5-14-29-17(2)8-6-10-20(29)30)27-18-11-15-28(16-18)21-19(23)9-7-13-25-21;/h6-10,13,18H,3-5,11-12,14-16H2,1-2H3,(H2,24,26,27);1H. The Balaban J connectivity index is 0.00000341. The van der Waals surface area contributed by atoms with Crippen LogP contribution in [0.15, 0.2) is 46.3 Å². The summed E-state index contributed by atoms with van der Waals surface area (Å²) >= 11 is 0. The lowest BCUT2D eigenvalue weighted by molar-refractivity contribution is 0.583. The fourth-order valence-electron chi connectivity index (χ4n) is 3.68. The van der Waals surface area contributed by atoms with Gasteiger partial charge in [0.25, 0.3) is 5.56 Å². The van der Waals surface area contributed by atoms with Crippen LogP contribution in [0.25, 0.3) is 0 Å². The lowest BCUT2D eigenvalue weighted by Crippen LogP contribution is -2.44. The molecule has 1 fully saturated rings. The largest absolute Gasteiger partial charge is 0.357 e. The van der Waals surface area contributed by atoms with Crippen molar-refractivity contribution in [2.45, 2.75) is 45.7 Å². The van der Waals surface area contributed by atoms with Crippen molar-refractivity contribution in [3.63, 3.8) is 0 Å². The molecule has 9 heteroatoms. The Bertz CT molecular complexity index is 919. The number of nitrogens with zero attached hydrogens (tertiary/aromatic N) is 4. The first-order chi connectivity index (χ1) is 14.6. The van der Waals surface area contributed by atoms with E-state index in [0.29, 0.717) is 25.5 Å². The minimum Gasteiger partial charge on any atom is -0.357 e. The first-order valence-corrected chi connectivity index (χ1v) is 10.6. The van der Waals surface area contributed by atoms with E-state index in [1.165, 1.54) is 6.07 Å². The molecule has 170 valence electrons. The molecule has 1 unspecified atom stereocenters. The monoisotopic (exact) mass is 542 g/mol. The Morgan fingerprint density at radius 1 is 1.29 bits per heavy atom. The maximum Gasteiger partial charge on any atom is 0.250 e. The molecule has 31 heavy (non-hydrogen) atoms. The zero-order chi connectivity index (χ0) is 21.3. The van der Waals surface area contributed by atoms with E-state index < -0.39 is 0 Å². The number of aryl methyl sites for hydroxylation is 1. The number of unbranched alkanes of at least 4 members (excludes halogenated alkanes) is 1. The van der Waals surface area contributed by atoms with Crippen molar-refractivity contribution in [2.75, 3.05) is 31.1 Å². The fraction of sp³-hybridized carbons (Fsp3) is 0.500. The fourth-order valence-corrected chi connectivity index (χ4v) is 3.68. The third-order valence-electron chi connectivity index (χ3n) is 5.24. The number of guanidine groups is 1. The van der Waals surface area contributed by atoms with Gasteiger partial charge in [-0.1, -0.05) is 6.07 Å². The molecule has 0 aliphatic carbocycles. The predicted molar refractivity (Wildman–Crippen MR) is 134 cm³/mol. The highest BCUT2D eigenvalue weighted by atomic mass is 127. The van der Waals surface area contributed by atoms with Gasteiger partial charge in [0, 0.05) is 56.7 Å². The molecule has 1 aliphatic rings. The minimum atomic E-state index is -0.286. The molecular weight excluding hydrogens is 510 g/mol. The summed E-state index contributed by atoms with van der Waals surface area (Å²) in [4.78, 5) is 22.7. The van der Waals surface area contributed by atoms with Gasteiger partial charge < -0.3 is 20.1 Å². The summed E-state index contributed by atoms with van der Waals surface area (Å²) in [6, 6.07) is 8.58. The zero-order valence-corrected chi connectivity index (χ0v) is 20.5. The summed E-state index contributed by atoms with van der Waals surface area (Å²) in [5.41, 5.74) is 1.03. The molecule has 3 heterocycles. The molecule has 0 radical (unpaired) electrons. The van der Waals surface area contributed by atoms with Crippen molar-refractivity contribution < 1.29 is 4.39 Å². The molecule has 1 saturated heterocycles. The molecule has 2 aromatic rings. The molecule has 2 N–H and O–H groups in total. The normalized spacial score (nSPS) is 16.2. The third-order valence-corrected chi connectivity index (χ3v) is 5.24. The number of hydrogen-bond acceptors (Lipinski definition) is 4. The van der Waals surface area contributed by atoms with E-state index in [0.717, 1.165) is 44.0 Å². The van der Waals surface area contributed by atoms with Gasteiger partial charge in [-0.25, -0.2) is 9.37 Å². The Kier molecular flexibility index (Phi) is 10.2. The van der Waals surface area contributed by atoms with Gasteiger partial charge in [-0.15, -0.1) is 24.0 Å². The highest BCUT2D eigenvalue weighted by Crippen LogP contribution is 2.20. The first-order valence-electron chi connectivity index (χ1n) is 10.6. The highest BCUT2D eigenvalue weighted by Gasteiger charge is 2.25. The third kappa shape index (κ3) is 7.19. The van der Waals surface area contributed by atoms with E-state index >= 15 is 0 Å². The maximum atomic E-state index is 14.0. The Morgan fingerprint density at radius 2 is 2.13 bits per heavy atom. The van der Waals surface area contributed by atoms with Gasteiger partial charge in [0.2, 0.25) is 0 Å². The van der Waals surface area contributed by atoms with Crippen molar-refractivity contribution in [3.05, 3.63) is 58.4 Å². The van der Waals surface area contributed by atoms with E-state index in [-0.39, 0.29) is 41.4 Å². The smallest absolute Gasteiger partial charge is 0.250 e. The average Bonchev–Trinajstić information content (AvgIpc) is 3.18. The first kappa shape index (κ1) is 25.1. The summed E-state index contributed by atoms with van der Waals surface area (Å²) in [6.45, 7) is 7.60.